The molecule has 0 fully saturated rings. The van der Waals surface area contributed by atoms with Crippen LogP contribution in [0.25, 0.3) is 16.7 Å². The van der Waals surface area contributed by atoms with Gasteiger partial charge in [-0.15, -0.1) is 5.10 Å². The summed E-state index contributed by atoms with van der Waals surface area (Å²) in [5.41, 5.74) is -0.148. The van der Waals surface area contributed by atoms with Gasteiger partial charge in [0.25, 0.3) is 5.56 Å². The van der Waals surface area contributed by atoms with Gasteiger partial charge in [-0.25, -0.2) is 18.3 Å². The number of carbonyl (C=O) groups is 1. The molecule has 2 aromatic heterocycles. The third-order valence-electron chi connectivity index (χ3n) is 5.06. The van der Waals surface area contributed by atoms with E-state index >= 15 is 0 Å². The molecule has 10 heteroatoms. The topological polar surface area (TPSA) is 99.6 Å². The fraction of sp³-hybridized carbons (Fsp3) is 0.304. The summed E-state index contributed by atoms with van der Waals surface area (Å²) in [5, 5.41) is 7.21. The summed E-state index contributed by atoms with van der Waals surface area (Å²) in [6.07, 6.45) is 0.615. The maximum absolute atomic E-state index is 13.4. The van der Waals surface area contributed by atoms with Crippen molar-refractivity contribution in [2.75, 3.05) is 11.9 Å². The Balaban J connectivity index is 1.71. The van der Waals surface area contributed by atoms with Crippen LogP contribution in [-0.2, 0) is 22.6 Å². The van der Waals surface area contributed by atoms with E-state index in [0.717, 1.165) is 4.68 Å². The standard InChI is InChI=1S/C23H24FN5O4/c1-15(2)33-12-6-11-27-21(31)18-9-3-4-10-19(18)29-22(27)26-28(23(29)32)14-20(30)25-17-8-5-7-16(24)13-17/h3-5,7-10,13,15H,6,11-12,14H2,1-2H3,(H,25,30). The molecule has 4 rings (SSSR count). The Morgan fingerprint density at radius 1 is 1.15 bits per heavy atom. The van der Waals surface area contributed by atoms with Gasteiger partial charge in [0.05, 0.1) is 17.0 Å². The first kappa shape index (κ1) is 22.4. The molecule has 0 saturated carbocycles. The molecular weight excluding hydrogens is 429 g/mol. The van der Waals surface area contributed by atoms with E-state index in [1.807, 2.05) is 13.8 Å². The minimum absolute atomic E-state index is 0.0665. The zero-order valence-electron chi connectivity index (χ0n) is 18.3. The molecular formula is C23H24FN5O4. The number of benzene rings is 2. The summed E-state index contributed by atoms with van der Waals surface area (Å²) in [4.78, 5) is 38.8. The number of fused-ring (bicyclic) bond motifs is 3. The predicted octanol–water partition coefficient (Wildman–Crippen LogP) is 2.40. The van der Waals surface area contributed by atoms with E-state index < -0.39 is 24.0 Å². The molecule has 4 aromatic rings. The molecule has 0 aliphatic heterocycles. The van der Waals surface area contributed by atoms with Gasteiger partial charge in [-0.05, 0) is 50.6 Å². The second kappa shape index (κ2) is 9.37. The van der Waals surface area contributed by atoms with Gasteiger partial charge in [0, 0.05) is 18.8 Å². The maximum atomic E-state index is 13.4. The predicted molar refractivity (Wildman–Crippen MR) is 122 cm³/mol. The Morgan fingerprint density at radius 2 is 1.94 bits per heavy atom. The number of hydrogen-bond acceptors (Lipinski definition) is 5. The molecule has 0 aliphatic rings. The number of amides is 1. The van der Waals surface area contributed by atoms with Crippen LogP contribution in [0.1, 0.15) is 20.3 Å². The molecule has 0 spiro atoms. The highest BCUT2D eigenvalue weighted by molar-refractivity contribution is 5.90. The summed E-state index contributed by atoms with van der Waals surface area (Å²) in [6, 6.07) is 12.2. The van der Waals surface area contributed by atoms with Crippen LogP contribution in [0.5, 0.6) is 0 Å². The van der Waals surface area contributed by atoms with Gasteiger partial charge in [-0.2, -0.15) is 0 Å². The third kappa shape index (κ3) is 4.70. The van der Waals surface area contributed by atoms with E-state index in [0.29, 0.717) is 30.5 Å². The van der Waals surface area contributed by atoms with Crippen molar-refractivity contribution in [1.29, 1.82) is 0 Å². The Bertz CT molecular complexity index is 1440. The number of carbonyl (C=O) groups excluding carboxylic acids is 1. The number of aryl methyl sites for hydroxylation is 1. The molecule has 0 unspecified atom stereocenters. The Hall–Kier alpha value is -3.79. The van der Waals surface area contributed by atoms with E-state index in [1.54, 1.807) is 24.3 Å². The van der Waals surface area contributed by atoms with Crippen molar-refractivity contribution in [2.45, 2.75) is 39.5 Å². The first-order chi connectivity index (χ1) is 15.8. The third-order valence-corrected chi connectivity index (χ3v) is 5.06. The number of anilines is 1. The Kier molecular flexibility index (Phi) is 6.36. The quantitative estimate of drug-likeness (QED) is 0.413. The first-order valence-electron chi connectivity index (χ1n) is 10.6. The molecule has 0 saturated heterocycles. The van der Waals surface area contributed by atoms with Crippen LogP contribution in [0.3, 0.4) is 0 Å². The second-order valence-electron chi connectivity index (χ2n) is 7.88. The molecule has 0 radical (unpaired) electrons. The lowest BCUT2D eigenvalue weighted by Gasteiger charge is -2.11. The molecule has 0 bridgehead atoms. The molecule has 1 N–H and O–H groups in total. The number of nitrogens with zero attached hydrogens (tertiary/aromatic N) is 4. The Labute approximate surface area is 188 Å². The van der Waals surface area contributed by atoms with Gasteiger partial charge in [-0.3, -0.25) is 14.2 Å². The van der Waals surface area contributed by atoms with E-state index in [9.17, 15) is 18.8 Å². The monoisotopic (exact) mass is 453 g/mol. The van der Waals surface area contributed by atoms with Gasteiger partial charge >= 0.3 is 5.69 Å². The highest BCUT2D eigenvalue weighted by Gasteiger charge is 2.18. The van der Waals surface area contributed by atoms with Crippen molar-refractivity contribution in [3.63, 3.8) is 0 Å². The molecule has 33 heavy (non-hydrogen) atoms. The van der Waals surface area contributed by atoms with Gasteiger partial charge in [-0.1, -0.05) is 18.2 Å². The maximum Gasteiger partial charge on any atom is 0.352 e. The van der Waals surface area contributed by atoms with Gasteiger partial charge < -0.3 is 10.1 Å². The van der Waals surface area contributed by atoms with Gasteiger partial charge in [0.2, 0.25) is 11.7 Å². The fourth-order valence-electron chi connectivity index (χ4n) is 3.62. The zero-order valence-corrected chi connectivity index (χ0v) is 18.3. The number of para-hydroxylation sites is 1. The Morgan fingerprint density at radius 3 is 2.70 bits per heavy atom. The molecule has 2 aromatic carbocycles. The number of aromatic nitrogens is 4. The molecule has 1 amide bonds. The van der Waals surface area contributed by atoms with Crippen molar-refractivity contribution in [1.82, 2.24) is 18.7 Å². The molecule has 0 aliphatic carbocycles. The fourth-order valence-corrected chi connectivity index (χ4v) is 3.62. The number of nitrogens with one attached hydrogen (secondary N) is 1. The number of hydrogen-bond donors (Lipinski definition) is 1. The van der Waals surface area contributed by atoms with Crippen LogP contribution in [0.4, 0.5) is 10.1 Å². The SMILES string of the molecule is CC(C)OCCCn1c(=O)c2ccccc2n2c(=O)n(CC(=O)Nc3cccc(F)c3)nc12. The average Bonchev–Trinajstić information content (AvgIpc) is 3.08. The van der Waals surface area contributed by atoms with E-state index in [1.165, 1.54) is 33.2 Å². The molecule has 0 atom stereocenters. The first-order valence-corrected chi connectivity index (χ1v) is 10.6. The van der Waals surface area contributed by atoms with Crippen molar-refractivity contribution >= 4 is 28.3 Å². The smallest absolute Gasteiger partial charge is 0.352 e. The number of halogens is 1. The summed E-state index contributed by atoms with van der Waals surface area (Å²) in [5.74, 6) is -0.893. The lowest BCUT2D eigenvalue weighted by molar-refractivity contribution is -0.117. The average molecular weight is 453 g/mol. The van der Waals surface area contributed by atoms with Crippen LogP contribution in [0.2, 0.25) is 0 Å². The van der Waals surface area contributed by atoms with Gasteiger partial charge in [0.15, 0.2) is 0 Å². The van der Waals surface area contributed by atoms with Crippen molar-refractivity contribution in [3.8, 4) is 0 Å². The molecule has 2 heterocycles. The zero-order chi connectivity index (χ0) is 23.5. The van der Waals surface area contributed by atoms with E-state index in [2.05, 4.69) is 10.4 Å². The highest BCUT2D eigenvalue weighted by Crippen LogP contribution is 2.12. The summed E-state index contributed by atoms with van der Waals surface area (Å²) >= 11 is 0. The van der Waals surface area contributed by atoms with Crippen molar-refractivity contribution in [2.24, 2.45) is 0 Å². The number of ether oxygens (including phenoxy) is 1. The van der Waals surface area contributed by atoms with E-state index in [4.69, 9.17) is 4.74 Å². The largest absolute Gasteiger partial charge is 0.379 e. The lowest BCUT2D eigenvalue weighted by Crippen LogP contribution is -2.29. The van der Waals surface area contributed by atoms with Crippen LogP contribution >= 0.6 is 0 Å². The second-order valence-corrected chi connectivity index (χ2v) is 7.88. The molecule has 172 valence electrons. The van der Waals surface area contributed by atoms with Gasteiger partial charge in [0.1, 0.15) is 12.4 Å². The minimum atomic E-state index is -0.553. The minimum Gasteiger partial charge on any atom is -0.379 e. The normalized spacial score (nSPS) is 11.5. The van der Waals surface area contributed by atoms with Crippen molar-refractivity contribution < 1.29 is 13.9 Å². The highest BCUT2D eigenvalue weighted by atomic mass is 19.1. The summed E-state index contributed by atoms with van der Waals surface area (Å²) in [7, 11) is 0. The van der Waals surface area contributed by atoms with Crippen LogP contribution in [0.15, 0.2) is 58.1 Å². The summed E-state index contributed by atoms with van der Waals surface area (Å²) < 4.78 is 22.7. The summed E-state index contributed by atoms with van der Waals surface area (Å²) in [6.45, 7) is 4.21. The van der Waals surface area contributed by atoms with Crippen molar-refractivity contribution in [3.05, 3.63) is 75.2 Å². The molecule has 9 nitrogen and oxygen atoms in total. The van der Waals surface area contributed by atoms with Crippen LogP contribution < -0.4 is 16.6 Å². The van der Waals surface area contributed by atoms with Crippen LogP contribution in [0, 0.1) is 5.82 Å². The van der Waals surface area contributed by atoms with Crippen LogP contribution in [-0.4, -0.2) is 37.4 Å². The number of rotatable bonds is 8. The van der Waals surface area contributed by atoms with E-state index in [-0.39, 0.29) is 23.1 Å². The lowest BCUT2D eigenvalue weighted by atomic mass is 10.2.